The standard InChI is InChI=1S/C22H42N4P/c1-17(2)25(18(3)4)27(26(19(5)6)20(7)8)24(16-23(10)11)22-14-12-21(9)13-15-22/h12-20H,1-11H3/q+1. The molecule has 0 spiro atoms. The molecule has 0 bridgehead atoms. The van der Waals surface area contributed by atoms with Crippen LogP contribution in [0.5, 0.6) is 0 Å². The highest BCUT2D eigenvalue weighted by Gasteiger charge is 2.42. The molecule has 0 aliphatic rings. The summed E-state index contributed by atoms with van der Waals surface area (Å²) in [6.07, 6.45) is 2.26. The molecular formula is C22H42N4P+. The van der Waals surface area contributed by atoms with E-state index in [1.807, 2.05) is 0 Å². The maximum atomic E-state index is 2.68. The van der Waals surface area contributed by atoms with Crippen LogP contribution < -0.4 is 4.67 Å². The first kappa shape index (κ1) is 24.1. The number of hydrogen-bond donors (Lipinski definition) is 0. The summed E-state index contributed by atoms with van der Waals surface area (Å²) in [5.41, 5.74) is 2.54. The van der Waals surface area contributed by atoms with Gasteiger partial charge in [-0.05, 0) is 74.4 Å². The van der Waals surface area contributed by atoms with Crippen LogP contribution in [0, 0.1) is 6.92 Å². The van der Waals surface area contributed by atoms with Gasteiger partial charge in [-0.25, -0.2) is 9.34 Å². The van der Waals surface area contributed by atoms with Crippen LogP contribution in [0.1, 0.15) is 61.0 Å². The summed E-state index contributed by atoms with van der Waals surface area (Å²) in [7, 11) is 3.50. The van der Waals surface area contributed by atoms with Gasteiger partial charge in [0.25, 0.3) is 8.37 Å². The molecule has 1 aromatic rings. The largest absolute Gasteiger partial charge is 0.273 e. The van der Waals surface area contributed by atoms with Crippen LogP contribution in [0.4, 0.5) is 5.69 Å². The first-order valence-corrected chi connectivity index (χ1v) is 11.4. The lowest BCUT2D eigenvalue weighted by molar-refractivity contribution is -0.459. The van der Waals surface area contributed by atoms with Crippen LogP contribution in [-0.4, -0.2) is 58.5 Å². The molecule has 0 heterocycles. The van der Waals surface area contributed by atoms with Crippen LogP contribution >= 0.6 is 8.37 Å². The number of nitrogens with zero attached hydrogens (tertiary/aromatic N) is 4. The SMILES string of the molecule is Cc1ccc(N(C=[N+](C)C)P(N(C(C)C)C(C)C)N(C(C)C)C(C)C)cc1. The van der Waals surface area contributed by atoms with Gasteiger partial charge < -0.3 is 0 Å². The monoisotopic (exact) mass is 393 g/mol. The third kappa shape index (κ3) is 6.55. The van der Waals surface area contributed by atoms with E-state index < -0.39 is 8.37 Å². The van der Waals surface area contributed by atoms with Gasteiger partial charge in [0.05, 0.1) is 14.1 Å². The molecule has 0 aromatic heterocycles. The minimum absolute atomic E-state index is 0.458. The Morgan fingerprint density at radius 3 is 1.41 bits per heavy atom. The topological polar surface area (TPSA) is 12.7 Å². The second-order valence-electron chi connectivity index (χ2n) is 8.66. The van der Waals surface area contributed by atoms with Crippen molar-refractivity contribution in [3.8, 4) is 0 Å². The third-order valence-electron chi connectivity index (χ3n) is 4.36. The van der Waals surface area contributed by atoms with E-state index in [0.717, 1.165) is 0 Å². The van der Waals surface area contributed by atoms with E-state index in [9.17, 15) is 0 Å². The van der Waals surface area contributed by atoms with E-state index >= 15 is 0 Å². The van der Waals surface area contributed by atoms with Crippen LogP contribution in [0.25, 0.3) is 0 Å². The summed E-state index contributed by atoms with van der Waals surface area (Å²) in [5, 5.41) is 0. The van der Waals surface area contributed by atoms with Crippen molar-refractivity contribution in [3.63, 3.8) is 0 Å². The first-order chi connectivity index (χ1) is 12.5. The molecule has 0 saturated carbocycles. The molecule has 0 unspecified atom stereocenters. The molecule has 0 N–H and O–H groups in total. The molecule has 154 valence electrons. The number of anilines is 1. The quantitative estimate of drug-likeness (QED) is 0.236. The zero-order valence-corrected chi connectivity index (χ0v) is 20.3. The Morgan fingerprint density at radius 1 is 0.741 bits per heavy atom. The Labute approximate surface area is 169 Å². The Hall–Kier alpha value is -0.960. The highest BCUT2D eigenvalue weighted by molar-refractivity contribution is 7.55. The van der Waals surface area contributed by atoms with Crippen LogP contribution in [0.15, 0.2) is 24.3 Å². The molecule has 0 aliphatic heterocycles. The Morgan fingerprint density at radius 2 is 1.11 bits per heavy atom. The summed E-state index contributed by atoms with van der Waals surface area (Å²) < 4.78 is 10.0. The minimum atomic E-state index is -0.724. The zero-order chi connectivity index (χ0) is 20.9. The van der Waals surface area contributed by atoms with Gasteiger partial charge in [0, 0.05) is 24.2 Å². The van der Waals surface area contributed by atoms with Gasteiger partial charge in [-0.15, -0.1) is 0 Å². The first-order valence-electron chi connectivity index (χ1n) is 10.2. The van der Waals surface area contributed by atoms with Crippen LogP contribution in [-0.2, 0) is 0 Å². The third-order valence-corrected chi connectivity index (χ3v) is 7.75. The Balaban J connectivity index is 3.67. The number of aryl methyl sites for hydroxylation is 1. The maximum absolute atomic E-state index is 2.68. The number of hydrogen-bond acceptors (Lipinski definition) is 2. The second-order valence-corrected chi connectivity index (χ2v) is 10.6. The lowest BCUT2D eigenvalue weighted by Gasteiger charge is -2.46. The average molecular weight is 394 g/mol. The van der Waals surface area contributed by atoms with E-state index in [-0.39, 0.29) is 0 Å². The molecular weight excluding hydrogens is 351 g/mol. The van der Waals surface area contributed by atoms with Crippen molar-refractivity contribution in [2.75, 3.05) is 18.8 Å². The predicted molar refractivity (Wildman–Crippen MR) is 123 cm³/mol. The molecule has 0 fully saturated rings. The number of rotatable bonds is 9. The molecule has 4 nitrogen and oxygen atoms in total. The molecule has 0 saturated heterocycles. The van der Waals surface area contributed by atoms with E-state index in [1.165, 1.54) is 11.3 Å². The average Bonchev–Trinajstić information content (AvgIpc) is 2.51. The van der Waals surface area contributed by atoms with Gasteiger partial charge in [0.2, 0.25) is 6.34 Å². The van der Waals surface area contributed by atoms with E-state index in [4.69, 9.17) is 0 Å². The fourth-order valence-corrected chi connectivity index (χ4v) is 6.47. The Bertz CT molecular complexity index is 553. The highest BCUT2D eigenvalue weighted by atomic mass is 31.2. The summed E-state index contributed by atoms with van der Waals surface area (Å²) in [6, 6.07) is 10.8. The van der Waals surface area contributed by atoms with E-state index in [2.05, 4.69) is 126 Å². The van der Waals surface area contributed by atoms with Crippen molar-refractivity contribution >= 4 is 20.4 Å². The molecule has 0 atom stereocenters. The lowest BCUT2D eigenvalue weighted by Crippen LogP contribution is -2.48. The van der Waals surface area contributed by atoms with Gasteiger partial charge in [-0.2, -0.15) is 4.67 Å². The fourth-order valence-electron chi connectivity index (χ4n) is 3.49. The molecule has 0 aliphatic carbocycles. The predicted octanol–water partition coefficient (Wildman–Crippen LogP) is 5.57. The van der Waals surface area contributed by atoms with Gasteiger partial charge in [-0.3, -0.25) is 4.58 Å². The van der Waals surface area contributed by atoms with Gasteiger partial charge >= 0.3 is 0 Å². The van der Waals surface area contributed by atoms with Crippen molar-refractivity contribution in [3.05, 3.63) is 29.8 Å². The van der Waals surface area contributed by atoms with Gasteiger partial charge in [0.1, 0.15) is 5.69 Å². The second kappa shape index (κ2) is 10.5. The normalized spacial score (nSPS) is 12.4. The summed E-state index contributed by atoms with van der Waals surface area (Å²) in [5.74, 6) is 0. The van der Waals surface area contributed by atoms with Crippen molar-refractivity contribution in [2.24, 2.45) is 0 Å². The van der Waals surface area contributed by atoms with E-state index in [0.29, 0.717) is 24.2 Å². The van der Waals surface area contributed by atoms with Crippen LogP contribution in [0.2, 0.25) is 0 Å². The minimum Gasteiger partial charge on any atom is -0.273 e. The summed E-state index contributed by atoms with van der Waals surface area (Å²) >= 11 is 0. The summed E-state index contributed by atoms with van der Waals surface area (Å²) in [4.78, 5) is 0. The van der Waals surface area contributed by atoms with Crippen molar-refractivity contribution in [1.82, 2.24) is 9.34 Å². The molecule has 0 radical (unpaired) electrons. The maximum Gasteiger partial charge on any atom is 0.258 e. The van der Waals surface area contributed by atoms with Gasteiger partial charge in [-0.1, -0.05) is 17.7 Å². The smallest absolute Gasteiger partial charge is 0.258 e. The van der Waals surface area contributed by atoms with Crippen molar-refractivity contribution in [2.45, 2.75) is 86.5 Å². The molecule has 27 heavy (non-hydrogen) atoms. The number of benzene rings is 1. The molecule has 1 aromatic carbocycles. The summed E-state index contributed by atoms with van der Waals surface area (Å²) in [6.45, 7) is 20.7. The van der Waals surface area contributed by atoms with Crippen molar-refractivity contribution in [1.29, 1.82) is 0 Å². The molecule has 0 amide bonds. The fraction of sp³-hybridized carbons (Fsp3) is 0.682. The Kier molecular flexibility index (Phi) is 9.41. The van der Waals surface area contributed by atoms with E-state index in [1.54, 1.807) is 0 Å². The molecule has 1 rings (SSSR count). The van der Waals surface area contributed by atoms with Crippen LogP contribution in [0.3, 0.4) is 0 Å². The molecule has 5 heteroatoms. The van der Waals surface area contributed by atoms with Gasteiger partial charge in [0.15, 0.2) is 0 Å². The van der Waals surface area contributed by atoms with Crippen molar-refractivity contribution < 1.29 is 4.58 Å². The zero-order valence-electron chi connectivity index (χ0n) is 19.4. The highest BCUT2D eigenvalue weighted by Crippen LogP contribution is 2.53. The lowest BCUT2D eigenvalue weighted by atomic mass is 10.2.